The van der Waals surface area contributed by atoms with E-state index in [0.717, 1.165) is 5.39 Å². The van der Waals surface area contributed by atoms with E-state index in [4.69, 9.17) is 11.6 Å². The molecule has 0 saturated carbocycles. The van der Waals surface area contributed by atoms with Gasteiger partial charge in [0.2, 0.25) is 21.8 Å². The van der Waals surface area contributed by atoms with Gasteiger partial charge in [0.15, 0.2) is 0 Å². The van der Waals surface area contributed by atoms with Crippen LogP contribution in [-0.4, -0.2) is 82.4 Å². The smallest absolute Gasteiger partial charge is 0.245 e. The van der Waals surface area contributed by atoms with Crippen molar-refractivity contribution in [3.05, 3.63) is 41.4 Å². The Hall–Kier alpha value is -1.89. The first-order valence-electron chi connectivity index (χ1n) is 10.5. The van der Waals surface area contributed by atoms with E-state index >= 15 is 0 Å². The third-order valence-electron chi connectivity index (χ3n) is 6.13. The lowest BCUT2D eigenvalue weighted by atomic mass is 10.1. The number of rotatable bonds is 5. The van der Waals surface area contributed by atoms with Crippen molar-refractivity contribution >= 4 is 54.8 Å². The molecule has 180 valence electrons. The van der Waals surface area contributed by atoms with Crippen LogP contribution >= 0.6 is 22.2 Å². The summed E-state index contributed by atoms with van der Waals surface area (Å²) in [5, 5.41) is 2.06. The second kappa shape index (κ2) is 9.05. The van der Waals surface area contributed by atoms with E-state index in [1.807, 2.05) is 0 Å². The van der Waals surface area contributed by atoms with E-state index in [-0.39, 0.29) is 48.4 Å². The largest absolute Gasteiger partial charge is 0.338 e. The number of carbonyl (C=O) groups excluding carboxylic acids is 2. The molecule has 0 unspecified atom stereocenters. The lowest BCUT2D eigenvalue weighted by molar-refractivity contribution is -0.143. The summed E-state index contributed by atoms with van der Waals surface area (Å²) in [6.45, 7) is 2.30. The van der Waals surface area contributed by atoms with Gasteiger partial charge < -0.3 is 9.80 Å². The molecule has 2 saturated heterocycles. The Bertz CT molecular complexity index is 1200. The van der Waals surface area contributed by atoms with Crippen molar-refractivity contribution in [1.82, 2.24) is 14.5 Å². The Morgan fingerprint density at radius 2 is 1.76 bits per heavy atom. The quantitative estimate of drug-likeness (QED) is 0.561. The fraction of sp³-hybridized carbons (Fsp3) is 0.429. The molecule has 2 amide bonds. The minimum Gasteiger partial charge on any atom is -0.338 e. The molecule has 2 fully saturated rings. The first kappa shape index (κ1) is 24.2. The summed E-state index contributed by atoms with van der Waals surface area (Å²) in [4.78, 5) is 28.7. The van der Waals surface area contributed by atoms with E-state index < -0.39 is 38.6 Å². The van der Waals surface area contributed by atoms with Crippen LogP contribution in [-0.2, 0) is 19.6 Å². The minimum atomic E-state index is -3.96. The molecule has 12 heteroatoms. The third-order valence-corrected chi connectivity index (χ3v) is 9.51. The summed E-state index contributed by atoms with van der Waals surface area (Å²) in [5.74, 6) is -0.484. The second-order valence-electron chi connectivity index (χ2n) is 8.36. The number of carbonyl (C=O) groups is 2. The van der Waals surface area contributed by atoms with Crippen LogP contribution in [0, 0.1) is 0 Å². The van der Waals surface area contributed by atoms with E-state index in [2.05, 4.69) is 4.72 Å². The highest BCUT2D eigenvalue weighted by atomic mass is 35.5. The Balaban J connectivity index is 1.43. The first-order valence-corrected chi connectivity index (χ1v) is 14.3. The molecular formula is C21H26ClN3O6S2. The van der Waals surface area contributed by atoms with Crippen molar-refractivity contribution in [2.45, 2.75) is 30.3 Å². The van der Waals surface area contributed by atoms with Crippen LogP contribution in [0.3, 0.4) is 0 Å². The number of halogens is 1. The zero-order chi connectivity index (χ0) is 24.0. The van der Waals surface area contributed by atoms with Crippen molar-refractivity contribution in [2.24, 2.45) is 0 Å². The second-order valence-corrected chi connectivity index (χ2v) is 12.9. The third kappa shape index (κ3) is 5.13. The van der Waals surface area contributed by atoms with Crippen LogP contribution in [0.15, 0.2) is 41.3 Å². The van der Waals surface area contributed by atoms with Crippen LogP contribution in [0.2, 0.25) is 5.02 Å². The van der Waals surface area contributed by atoms with Crippen molar-refractivity contribution in [2.75, 3.05) is 31.1 Å². The summed E-state index contributed by atoms with van der Waals surface area (Å²) in [5.41, 5.74) is 0. The van der Waals surface area contributed by atoms with Crippen LogP contribution in [0.25, 0.3) is 10.8 Å². The molecule has 0 aliphatic carbocycles. The molecule has 9 nitrogen and oxygen atoms in total. The number of fused-ring (bicyclic) bond motifs is 1. The number of nitrogens with one attached hydrogen (secondary N) is 1. The maximum atomic E-state index is 12.9. The van der Waals surface area contributed by atoms with Crippen LogP contribution in [0.1, 0.15) is 13.3 Å². The molecule has 33 heavy (non-hydrogen) atoms. The van der Waals surface area contributed by atoms with Crippen LogP contribution < -0.4 is 4.72 Å². The molecule has 2 aromatic rings. The SMILES string of the molecule is C[C@@H](C(=O)N1CCS(O)(O)CC1)N1CC[C@H](NS(=O)(=O)c2ccc3cc(Cl)ccc3c2)C1=O. The van der Waals surface area contributed by atoms with Gasteiger partial charge in [-0.05, 0) is 48.4 Å². The first-order chi connectivity index (χ1) is 15.5. The van der Waals surface area contributed by atoms with Crippen LogP contribution in [0.4, 0.5) is 0 Å². The van der Waals surface area contributed by atoms with Crippen LogP contribution in [0.5, 0.6) is 0 Å². The number of benzene rings is 2. The monoisotopic (exact) mass is 515 g/mol. The Labute approximate surface area is 199 Å². The van der Waals surface area contributed by atoms with Crippen molar-refractivity contribution in [3.8, 4) is 0 Å². The van der Waals surface area contributed by atoms with Gasteiger partial charge in [0, 0.05) is 24.7 Å². The molecule has 0 radical (unpaired) electrons. The lowest BCUT2D eigenvalue weighted by Gasteiger charge is -2.42. The average molecular weight is 516 g/mol. The van der Waals surface area contributed by atoms with E-state index in [0.29, 0.717) is 10.4 Å². The maximum absolute atomic E-state index is 12.9. The Morgan fingerprint density at radius 3 is 2.45 bits per heavy atom. The molecule has 2 aromatic carbocycles. The van der Waals surface area contributed by atoms with Crippen molar-refractivity contribution < 1.29 is 27.1 Å². The zero-order valence-electron chi connectivity index (χ0n) is 18.0. The highest BCUT2D eigenvalue weighted by Crippen LogP contribution is 2.40. The van der Waals surface area contributed by atoms with Gasteiger partial charge in [-0.15, -0.1) is 0 Å². The van der Waals surface area contributed by atoms with E-state index in [1.165, 1.54) is 21.9 Å². The van der Waals surface area contributed by atoms with Gasteiger partial charge in [-0.25, -0.2) is 8.42 Å². The minimum absolute atomic E-state index is 0.0417. The molecule has 0 aromatic heterocycles. The van der Waals surface area contributed by atoms with E-state index in [1.54, 1.807) is 31.2 Å². The summed E-state index contributed by atoms with van der Waals surface area (Å²) in [6.07, 6.45) is 0.249. The van der Waals surface area contributed by atoms with Gasteiger partial charge in [0.05, 0.1) is 16.4 Å². The normalized spacial score (nSPS) is 23.0. The highest BCUT2D eigenvalue weighted by Gasteiger charge is 2.40. The number of amides is 2. The number of hydrogen-bond donors (Lipinski definition) is 3. The molecule has 2 aliphatic heterocycles. The summed E-state index contributed by atoms with van der Waals surface area (Å²) >= 11 is 5.98. The number of sulfonamides is 1. The molecule has 2 aliphatic rings. The van der Waals surface area contributed by atoms with E-state index in [9.17, 15) is 27.1 Å². The van der Waals surface area contributed by atoms with Gasteiger partial charge in [0.1, 0.15) is 12.1 Å². The van der Waals surface area contributed by atoms with Gasteiger partial charge in [-0.2, -0.15) is 15.3 Å². The summed E-state index contributed by atoms with van der Waals surface area (Å²) < 4.78 is 47.8. The standard InChI is InChI=1S/C21H26ClN3O6S2/c1-14(20(26)24-8-10-32(28,29)11-9-24)25-7-6-19(21(25)27)23-33(30,31)18-5-3-15-12-17(22)4-2-16(15)13-18/h2-5,12-14,19,23,28-29H,6-11H2,1H3/t14-,19-/m0/s1. The van der Waals surface area contributed by atoms with Gasteiger partial charge in [0.25, 0.3) is 0 Å². The lowest BCUT2D eigenvalue weighted by Crippen LogP contribution is -2.52. The fourth-order valence-corrected chi connectivity index (χ4v) is 6.83. The highest BCUT2D eigenvalue weighted by molar-refractivity contribution is 8.24. The summed E-state index contributed by atoms with van der Waals surface area (Å²) in [6, 6.07) is 8.07. The predicted molar refractivity (Wildman–Crippen MR) is 128 cm³/mol. The molecule has 0 bridgehead atoms. The molecular weight excluding hydrogens is 490 g/mol. The van der Waals surface area contributed by atoms with Gasteiger partial charge >= 0.3 is 0 Å². The fourth-order valence-electron chi connectivity index (χ4n) is 4.16. The van der Waals surface area contributed by atoms with Crippen molar-refractivity contribution in [3.63, 3.8) is 0 Å². The van der Waals surface area contributed by atoms with Gasteiger partial charge in [-0.3, -0.25) is 18.7 Å². The maximum Gasteiger partial charge on any atom is 0.245 e. The van der Waals surface area contributed by atoms with Crippen molar-refractivity contribution in [1.29, 1.82) is 0 Å². The molecule has 3 N–H and O–H groups in total. The predicted octanol–water partition coefficient (Wildman–Crippen LogP) is 2.35. The summed E-state index contributed by atoms with van der Waals surface area (Å²) in [7, 11) is -6.59. The number of hydrogen-bond acceptors (Lipinski definition) is 6. The Kier molecular flexibility index (Phi) is 6.64. The molecule has 0 spiro atoms. The molecule has 2 heterocycles. The number of nitrogens with zero attached hydrogens (tertiary/aromatic N) is 2. The topological polar surface area (TPSA) is 127 Å². The molecule has 4 rings (SSSR count). The average Bonchev–Trinajstić information content (AvgIpc) is 3.11. The zero-order valence-corrected chi connectivity index (χ0v) is 20.4. The Morgan fingerprint density at radius 1 is 1.12 bits per heavy atom. The molecule has 2 atom stereocenters. The number of likely N-dealkylation sites (tertiary alicyclic amines) is 1. The van der Waals surface area contributed by atoms with Gasteiger partial charge in [-0.1, -0.05) is 23.7 Å².